The summed E-state index contributed by atoms with van der Waals surface area (Å²) in [6.45, 7) is 2.83. The van der Waals surface area contributed by atoms with E-state index in [-0.39, 0.29) is 5.82 Å². The van der Waals surface area contributed by atoms with Crippen molar-refractivity contribution in [2.75, 3.05) is 0 Å². The molecule has 132 valence electrons. The summed E-state index contributed by atoms with van der Waals surface area (Å²) in [7, 11) is 0. The summed E-state index contributed by atoms with van der Waals surface area (Å²) >= 11 is 5.78. The van der Waals surface area contributed by atoms with Gasteiger partial charge in [0.05, 0.1) is 10.6 Å². The molecule has 0 amide bonds. The van der Waals surface area contributed by atoms with Crippen LogP contribution in [0.1, 0.15) is 19.8 Å². The van der Waals surface area contributed by atoms with Gasteiger partial charge in [0.2, 0.25) is 0 Å². The van der Waals surface area contributed by atoms with E-state index in [9.17, 15) is 4.39 Å². The second-order valence-electron chi connectivity index (χ2n) is 6.54. The fourth-order valence-electron chi connectivity index (χ4n) is 3.03. The van der Waals surface area contributed by atoms with Gasteiger partial charge in [-0.1, -0.05) is 48.6 Å². The maximum Gasteiger partial charge on any atom is 0.131 e. The lowest BCUT2D eigenvalue weighted by Gasteiger charge is -2.16. The number of para-hydroxylation sites is 1. The fraction of sp³-hybridized carbons (Fsp3) is 0.227. The Balaban J connectivity index is 1.92. The number of rotatable bonds is 5. The number of aryl methyl sites for hydroxylation is 1. The van der Waals surface area contributed by atoms with Crippen molar-refractivity contribution in [1.29, 1.82) is 0 Å². The minimum Gasteiger partial charge on any atom is -0.490 e. The van der Waals surface area contributed by atoms with Gasteiger partial charge in [-0.2, -0.15) is 0 Å². The first kappa shape index (κ1) is 17.0. The number of hydrogen-bond donors (Lipinski definition) is 0. The summed E-state index contributed by atoms with van der Waals surface area (Å²) in [5.41, 5.74) is 3.13. The summed E-state index contributed by atoms with van der Waals surface area (Å²) < 4.78 is 23.2. The van der Waals surface area contributed by atoms with Gasteiger partial charge >= 0.3 is 0 Å². The summed E-state index contributed by atoms with van der Waals surface area (Å²) in [6.07, 6.45) is 6.45. The van der Waals surface area contributed by atoms with E-state index in [0.717, 1.165) is 41.8 Å². The smallest absolute Gasteiger partial charge is 0.131 e. The second-order valence-corrected chi connectivity index (χ2v) is 6.95. The molecule has 4 heteroatoms. The van der Waals surface area contributed by atoms with Gasteiger partial charge in [-0.15, -0.1) is 0 Å². The Morgan fingerprint density at radius 1 is 0.962 bits per heavy atom. The molecule has 0 atom stereocenters. The highest BCUT2D eigenvalue weighted by Crippen LogP contribution is 2.37. The van der Waals surface area contributed by atoms with E-state index in [1.54, 1.807) is 12.1 Å². The number of pyridine rings is 1. The number of halogens is 1. The van der Waals surface area contributed by atoms with Crippen molar-refractivity contribution < 1.29 is 9.13 Å². The lowest BCUT2D eigenvalue weighted by atomic mass is 10.0. The molecule has 2 aromatic carbocycles. The fourth-order valence-corrected chi connectivity index (χ4v) is 3.36. The molecule has 1 saturated carbocycles. The Morgan fingerprint density at radius 2 is 1.58 bits per heavy atom. The van der Waals surface area contributed by atoms with Gasteiger partial charge in [0.15, 0.2) is 0 Å². The van der Waals surface area contributed by atoms with Gasteiger partial charge in [0.1, 0.15) is 11.6 Å². The van der Waals surface area contributed by atoms with Crippen LogP contribution in [-0.2, 0) is 6.54 Å². The number of nitrogens with zero attached hydrogens (tertiary/aromatic N) is 1. The molecule has 0 unspecified atom stereocenters. The third-order valence-electron chi connectivity index (χ3n) is 4.60. The highest BCUT2D eigenvalue weighted by molar-refractivity contribution is 7.71. The molecule has 3 aromatic rings. The first-order valence-electron chi connectivity index (χ1n) is 8.92. The SMILES string of the molecule is CCn1cc(-c2ccccc2F)c(=S)c(-c2ccccc2OC2CC2)c1. The Labute approximate surface area is 157 Å². The number of ether oxygens (including phenoxy) is 1. The van der Waals surface area contributed by atoms with Crippen LogP contribution < -0.4 is 4.74 Å². The van der Waals surface area contributed by atoms with Crippen LogP contribution in [0.15, 0.2) is 60.9 Å². The Morgan fingerprint density at radius 3 is 2.23 bits per heavy atom. The van der Waals surface area contributed by atoms with Crippen LogP contribution in [0.3, 0.4) is 0 Å². The molecule has 1 aromatic heterocycles. The van der Waals surface area contributed by atoms with Crippen molar-refractivity contribution in [1.82, 2.24) is 4.57 Å². The van der Waals surface area contributed by atoms with Gasteiger partial charge in [-0.05, 0) is 31.9 Å². The van der Waals surface area contributed by atoms with Crippen LogP contribution in [0, 0.1) is 10.3 Å². The predicted octanol–water partition coefficient (Wildman–Crippen LogP) is 6.25. The third kappa shape index (κ3) is 3.29. The molecule has 1 aliphatic carbocycles. The van der Waals surface area contributed by atoms with E-state index in [2.05, 4.69) is 6.92 Å². The summed E-state index contributed by atoms with van der Waals surface area (Å²) in [5.74, 6) is 0.579. The quantitative estimate of drug-likeness (QED) is 0.496. The lowest BCUT2D eigenvalue weighted by Crippen LogP contribution is -2.02. The maximum absolute atomic E-state index is 14.4. The number of hydrogen-bond acceptors (Lipinski definition) is 2. The summed E-state index contributed by atoms with van der Waals surface area (Å²) in [6, 6.07) is 14.7. The van der Waals surface area contributed by atoms with Crippen molar-refractivity contribution in [3.05, 3.63) is 71.3 Å². The lowest BCUT2D eigenvalue weighted by molar-refractivity contribution is 0.304. The van der Waals surface area contributed by atoms with Crippen LogP contribution in [0.4, 0.5) is 4.39 Å². The number of aromatic nitrogens is 1. The van der Waals surface area contributed by atoms with E-state index in [0.29, 0.717) is 16.2 Å². The van der Waals surface area contributed by atoms with Crippen LogP contribution >= 0.6 is 12.2 Å². The average Bonchev–Trinajstić information content (AvgIpc) is 3.47. The highest BCUT2D eigenvalue weighted by atomic mass is 32.1. The van der Waals surface area contributed by atoms with Crippen molar-refractivity contribution in [3.8, 4) is 28.0 Å². The zero-order chi connectivity index (χ0) is 18.1. The van der Waals surface area contributed by atoms with Crippen LogP contribution in [0.5, 0.6) is 5.75 Å². The normalized spacial score (nSPS) is 13.6. The topological polar surface area (TPSA) is 14.2 Å². The molecular weight excluding hydrogens is 345 g/mol. The molecule has 26 heavy (non-hydrogen) atoms. The monoisotopic (exact) mass is 365 g/mol. The third-order valence-corrected chi connectivity index (χ3v) is 5.04. The minimum atomic E-state index is -0.263. The van der Waals surface area contributed by atoms with Crippen molar-refractivity contribution in [2.45, 2.75) is 32.4 Å². The first-order chi connectivity index (χ1) is 12.7. The van der Waals surface area contributed by atoms with Crippen LogP contribution in [0.25, 0.3) is 22.3 Å². The van der Waals surface area contributed by atoms with E-state index in [1.807, 2.05) is 47.3 Å². The van der Waals surface area contributed by atoms with Gasteiger partial charge in [0.25, 0.3) is 0 Å². The zero-order valence-corrected chi connectivity index (χ0v) is 15.4. The Bertz CT molecular complexity index is 1010. The molecule has 0 N–H and O–H groups in total. The predicted molar refractivity (Wildman–Crippen MR) is 105 cm³/mol. The Hall–Kier alpha value is -2.46. The molecule has 2 nitrogen and oxygen atoms in total. The van der Waals surface area contributed by atoms with E-state index in [1.165, 1.54) is 6.07 Å². The average molecular weight is 365 g/mol. The largest absolute Gasteiger partial charge is 0.490 e. The molecule has 0 bridgehead atoms. The van der Waals surface area contributed by atoms with E-state index in [4.69, 9.17) is 17.0 Å². The van der Waals surface area contributed by atoms with Crippen molar-refractivity contribution in [2.24, 2.45) is 0 Å². The minimum absolute atomic E-state index is 0.263. The summed E-state index contributed by atoms with van der Waals surface area (Å²) in [5, 5.41) is 0. The summed E-state index contributed by atoms with van der Waals surface area (Å²) in [4.78, 5) is 0. The standard InChI is InChI=1S/C22H20FNOS/c1-2-24-13-18(16-7-3-5-9-20(16)23)22(26)19(14-24)17-8-4-6-10-21(17)25-15-11-12-15/h3-10,13-15H,2,11-12H2,1H3. The van der Waals surface area contributed by atoms with Gasteiger partial charge in [-0.25, -0.2) is 4.39 Å². The molecule has 0 spiro atoms. The molecule has 1 fully saturated rings. The molecular formula is C22H20FNOS. The molecule has 0 radical (unpaired) electrons. The van der Waals surface area contributed by atoms with E-state index >= 15 is 0 Å². The maximum atomic E-state index is 14.4. The molecule has 1 heterocycles. The number of benzene rings is 2. The van der Waals surface area contributed by atoms with Crippen LogP contribution in [-0.4, -0.2) is 10.7 Å². The molecule has 4 rings (SSSR count). The van der Waals surface area contributed by atoms with Crippen LogP contribution in [0.2, 0.25) is 0 Å². The van der Waals surface area contributed by atoms with Gasteiger partial charge in [-0.3, -0.25) is 0 Å². The van der Waals surface area contributed by atoms with E-state index < -0.39 is 0 Å². The zero-order valence-electron chi connectivity index (χ0n) is 14.6. The highest BCUT2D eigenvalue weighted by Gasteiger charge is 2.25. The van der Waals surface area contributed by atoms with Gasteiger partial charge in [0, 0.05) is 41.2 Å². The Kier molecular flexibility index (Phi) is 4.60. The first-order valence-corrected chi connectivity index (χ1v) is 9.33. The van der Waals surface area contributed by atoms with Crippen molar-refractivity contribution in [3.63, 3.8) is 0 Å². The second kappa shape index (κ2) is 7.04. The molecule has 0 saturated heterocycles. The van der Waals surface area contributed by atoms with Gasteiger partial charge < -0.3 is 9.30 Å². The van der Waals surface area contributed by atoms with Crippen molar-refractivity contribution >= 4 is 12.2 Å². The molecule has 0 aliphatic heterocycles. The molecule has 1 aliphatic rings.